The number of carbonyl (C=O) groups excluding carboxylic acids is 1. The molecule has 0 radical (unpaired) electrons. The molecular weight excluding hydrogens is 341 g/mol. The molecule has 0 saturated carbocycles. The number of carbonyl (C=O) groups is 1. The maximum atomic E-state index is 12.9. The quantitative estimate of drug-likeness (QED) is 0.748. The largest absolute Gasteiger partial charge is 0.481 e. The van der Waals surface area contributed by atoms with Crippen molar-refractivity contribution >= 4 is 22.4 Å². The smallest absolute Gasteiger partial charge is 0.266 e. The molecule has 1 heterocycles. The van der Waals surface area contributed by atoms with Crippen LogP contribution in [-0.2, 0) is 4.79 Å². The number of amides is 1. The molecule has 1 N–H and O–H groups in total. The summed E-state index contributed by atoms with van der Waals surface area (Å²) in [5.74, 6) is -0.292. The van der Waals surface area contributed by atoms with Crippen LogP contribution >= 0.6 is 11.3 Å². The summed E-state index contributed by atoms with van der Waals surface area (Å²) < 4.78 is 18.4. The van der Waals surface area contributed by atoms with Gasteiger partial charge in [0.1, 0.15) is 16.6 Å². The molecule has 0 aliphatic rings. The van der Waals surface area contributed by atoms with Gasteiger partial charge in [-0.25, -0.2) is 4.39 Å². The Morgan fingerprint density at radius 3 is 2.48 bits per heavy atom. The minimum Gasteiger partial charge on any atom is -0.481 e. The fourth-order valence-electron chi connectivity index (χ4n) is 2.06. The molecule has 5 nitrogen and oxygen atoms in total. The topological polar surface area (TPSA) is 64.1 Å². The maximum Gasteiger partial charge on any atom is 0.266 e. The second-order valence-electron chi connectivity index (χ2n) is 5.48. The lowest BCUT2D eigenvalue weighted by Gasteiger charge is -2.13. The van der Waals surface area contributed by atoms with E-state index in [0.29, 0.717) is 10.9 Å². The zero-order valence-corrected chi connectivity index (χ0v) is 14.5. The van der Waals surface area contributed by atoms with E-state index in [4.69, 9.17) is 4.74 Å². The lowest BCUT2D eigenvalue weighted by molar-refractivity contribution is -0.122. The Labute approximate surface area is 148 Å². The number of benzene rings is 2. The molecule has 1 amide bonds. The number of ether oxygens (including phenoxy) is 1. The van der Waals surface area contributed by atoms with Gasteiger partial charge in [-0.05, 0) is 38.1 Å². The lowest BCUT2D eigenvalue weighted by Crippen LogP contribution is -2.30. The van der Waals surface area contributed by atoms with Gasteiger partial charge in [0, 0.05) is 5.56 Å². The third kappa shape index (κ3) is 4.39. The van der Waals surface area contributed by atoms with Gasteiger partial charge in [0.15, 0.2) is 6.10 Å². The molecule has 0 saturated heterocycles. The first-order chi connectivity index (χ1) is 12.0. The summed E-state index contributed by atoms with van der Waals surface area (Å²) in [6.07, 6.45) is -0.753. The number of hydrogen-bond acceptors (Lipinski definition) is 5. The number of anilines is 1. The summed E-state index contributed by atoms with van der Waals surface area (Å²) in [5, 5.41) is 11.9. The average molecular weight is 357 g/mol. The molecule has 0 aliphatic carbocycles. The zero-order valence-electron chi connectivity index (χ0n) is 13.7. The van der Waals surface area contributed by atoms with Crippen molar-refractivity contribution < 1.29 is 13.9 Å². The van der Waals surface area contributed by atoms with Gasteiger partial charge in [-0.15, -0.1) is 10.2 Å². The first-order valence-corrected chi connectivity index (χ1v) is 8.46. The number of aromatic nitrogens is 2. The average Bonchev–Trinajstić information content (AvgIpc) is 3.06. The molecule has 128 valence electrons. The normalized spacial score (nSPS) is 11.8. The molecule has 1 atom stereocenters. The van der Waals surface area contributed by atoms with E-state index in [0.717, 1.165) is 16.1 Å². The van der Waals surface area contributed by atoms with Gasteiger partial charge >= 0.3 is 0 Å². The number of aryl methyl sites for hydroxylation is 1. The van der Waals surface area contributed by atoms with Gasteiger partial charge in [-0.2, -0.15) is 0 Å². The highest BCUT2D eigenvalue weighted by Gasteiger charge is 2.17. The van der Waals surface area contributed by atoms with Gasteiger partial charge in [-0.3, -0.25) is 10.1 Å². The molecule has 0 bridgehead atoms. The van der Waals surface area contributed by atoms with E-state index in [1.165, 1.54) is 35.6 Å². The van der Waals surface area contributed by atoms with E-state index >= 15 is 0 Å². The minimum absolute atomic E-state index is 0.351. The summed E-state index contributed by atoms with van der Waals surface area (Å²) in [6.45, 7) is 3.62. The van der Waals surface area contributed by atoms with Gasteiger partial charge in [-0.1, -0.05) is 41.2 Å². The van der Waals surface area contributed by atoms with Crippen molar-refractivity contribution in [2.75, 3.05) is 5.32 Å². The van der Waals surface area contributed by atoms with Crippen LogP contribution in [-0.4, -0.2) is 22.2 Å². The van der Waals surface area contributed by atoms with Crippen molar-refractivity contribution in [1.29, 1.82) is 0 Å². The number of nitrogens with one attached hydrogen (secondary N) is 1. The standard InChI is InChI=1S/C18H16FN3O2S/c1-11-3-5-13(6-4-11)17-21-22-18(25-17)20-16(23)12(2)24-15-9-7-14(19)8-10-15/h3-10,12H,1-2H3,(H,20,22,23)/t12-/m0/s1. The molecule has 0 aliphatic heterocycles. The van der Waals surface area contributed by atoms with Gasteiger partial charge < -0.3 is 4.74 Å². The first-order valence-electron chi connectivity index (χ1n) is 7.65. The van der Waals surface area contributed by atoms with Crippen LogP contribution < -0.4 is 10.1 Å². The Bertz CT molecular complexity index is 863. The van der Waals surface area contributed by atoms with Crippen molar-refractivity contribution in [2.45, 2.75) is 20.0 Å². The Morgan fingerprint density at radius 2 is 1.80 bits per heavy atom. The fourth-order valence-corrected chi connectivity index (χ4v) is 2.82. The molecule has 0 fully saturated rings. The van der Waals surface area contributed by atoms with Crippen LogP contribution in [0.3, 0.4) is 0 Å². The van der Waals surface area contributed by atoms with Crippen LogP contribution in [0.5, 0.6) is 5.75 Å². The summed E-state index contributed by atoms with van der Waals surface area (Å²) in [4.78, 5) is 12.2. The number of hydrogen-bond donors (Lipinski definition) is 1. The van der Waals surface area contributed by atoms with Crippen molar-refractivity contribution in [2.24, 2.45) is 0 Å². The zero-order chi connectivity index (χ0) is 17.8. The molecule has 25 heavy (non-hydrogen) atoms. The Balaban J connectivity index is 1.62. The van der Waals surface area contributed by atoms with Crippen molar-refractivity contribution in [3.05, 3.63) is 59.9 Å². The second kappa shape index (κ2) is 7.40. The molecule has 3 aromatic rings. The number of halogens is 1. The first kappa shape index (κ1) is 17.0. The Hall–Kier alpha value is -2.80. The molecule has 1 aromatic heterocycles. The third-order valence-electron chi connectivity index (χ3n) is 3.45. The van der Waals surface area contributed by atoms with E-state index in [9.17, 15) is 9.18 Å². The highest BCUT2D eigenvalue weighted by atomic mass is 32.1. The summed E-state index contributed by atoms with van der Waals surface area (Å²) in [7, 11) is 0. The predicted molar refractivity (Wildman–Crippen MR) is 95.2 cm³/mol. The predicted octanol–water partition coefficient (Wildman–Crippen LogP) is 4.06. The van der Waals surface area contributed by atoms with Gasteiger partial charge in [0.05, 0.1) is 0 Å². The van der Waals surface area contributed by atoms with Crippen LogP contribution in [0.15, 0.2) is 48.5 Å². The summed E-state index contributed by atoms with van der Waals surface area (Å²) >= 11 is 1.29. The SMILES string of the molecule is Cc1ccc(-c2nnc(NC(=O)[C@H](C)Oc3ccc(F)cc3)s2)cc1. The Morgan fingerprint density at radius 1 is 1.12 bits per heavy atom. The molecule has 7 heteroatoms. The highest BCUT2D eigenvalue weighted by Crippen LogP contribution is 2.26. The van der Waals surface area contributed by atoms with Crippen LogP contribution in [0.25, 0.3) is 10.6 Å². The third-order valence-corrected chi connectivity index (χ3v) is 4.34. The van der Waals surface area contributed by atoms with E-state index in [1.807, 2.05) is 31.2 Å². The van der Waals surface area contributed by atoms with Crippen LogP contribution in [0.1, 0.15) is 12.5 Å². The van der Waals surface area contributed by atoms with E-state index in [2.05, 4.69) is 15.5 Å². The monoisotopic (exact) mass is 357 g/mol. The summed E-state index contributed by atoms with van der Waals surface area (Å²) in [5.41, 5.74) is 2.10. The lowest BCUT2D eigenvalue weighted by atomic mass is 10.2. The highest BCUT2D eigenvalue weighted by molar-refractivity contribution is 7.18. The van der Waals surface area contributed by atoms with E-state index < -0.39 is 6.10 Å². The van der Waals surface area contributed by atoms with Crippen molar-refractivity contribution in [3.63, 3.8) is 0 Å². The second-order valence-corrected chi connectivity index (χ2v) is 6.46. The van der Waals surface area contributed by atoms with Gasteiger partial charge in [0.25, 0.3) is 5.91 Å². The van der Waals surface area contributed by atoms with Crippen LogP contribution in [0, 0.1) is 12.7 Å². The van der Waals surface area contributed by atoms with Gasteiger partial charge in [0.2, 0.25) is 5.13 Å². The van der Waals surface area contributed by atoms with E-state index in [-0.39, 0.29) is 11.7 Å². The molecule has 2 aromatic carbocycles. The number of rotatable bonds is 5. The van der Waals surface area contributed by atoms with E-state index in [1.54, 1.807) is 6.92 Å². The van der Waals surface area contributed by atoms with Crippen molar-refractivity contribution in [3.8, 4) is 16.3 Å². The van der Waals surface area contributed by atoms with Crippen molar-refractivity contribution in [1.82, 2.24) is 10.2 Å². The van der Waals surface area contributed by atoms with Crippen LogP contribution in [0.4, 0.5) is 9.52 Å². The molecule has 0 spiro atoms. The fraction of sp³-hybridized carbons (Fsp3) is 0.167. The Kier molecular flexibility index (Phi) is 5.04. The molecule has 0 unspecified atom stereocenters. The maximum absolute atomic E-state index is 12.9. The molecular formula is C18H16FN3O2S. The molecule has 3 rings (SSSR count). The summed E-state index contributed by atoms with van der Waals surface area (Å²) in [6, 6.07) is 13.4. The van der Waals surface area contributed by atoms with Crippen LogP contribution in [0.2, 0.25) is 0 Å². The minimum atomic E-state index is -0.753. The number of nitrogens with zero attached hydrogens (tertiary/aromatic N) is 2.